The van der Waals surface area contributed by atoms with Crippen LogP contribution in [-0.2, 0) is 4.79 Å². The summed E-state index contributed by atoms with van der Waals surface area (Å²) in [7, 11) is 0. The minimum absolute atomic E-state index is 0.0340. The molecule has 0 saturated carbocycles. The van der Waals surface area contributed by atoms with Gasteiger partial charge in [-0.3, -0.25) is 9.78 Å². The van der Waals surface area contributed by atoms with E-state index in [9.17, 15) is 19.1 Å². The summed E-state index contributed by atoms with van der Waals surface area (Å²) < 4.78 is 19.6. The molecule has 1 aliphatic rings. The summed E-state index contributed by atoms with van der Waals surface area (Å²) in [6.07, 6.45) is 5.27. The van der Waals surface area contributed by atoms with Crippen LogP contribution in [-0.4, -0.2) is 46.1 Å². The average molecular weight is 400 g/mol. The summed E-state index contributed by atoms with van der Waals surface area (Å²) in [5.41, 5.74) is 6.20. The van der Waals surface area contributed by atoms with Crippen LogP contribution in [0.3, 0.4) is 0 Å². The number of nitrogen functional groups attached to an aromatic ring is 1. The summed E-state index contributed by atoms with van der Waals surface area (Å²) in [5, 5.41) is 12.6. The SMILES string of the molecule is Nc1ccc(Oc2ccncc2C=CC(=O)N(C(=O)O)C2CCNCC2)c(F)c1. The number of aromatic nitrogens is 1. The Morgan fingerprint density at radius 3 is 2.72 bits per heavy atom. The summed E-state index contributed by atoms with van der Waals surface area (Å²) >= 11 is 0. The number of carbonyl (C=O) groups is 2. The molecule has 8 nitrogen and oxygen atoms in total. The number of anilines is 1. The molecule has 1 saturated heterocycles. The third kappa shape index (κ3) is 5.08. The van der Waals surface area contributed by atoms with Crippen LogP contribution in [0.25, 0.3) is 6.08 Å². The maximum absolute atomic E-state index is 14.0. The number of rotatable bonds is 5. The van der Waals surface area contributed by atoms with Gasteiger partial charge in [-0.05, 0) is 50.2 Å². The molecule has 29 heavy (non-hydrogen) atoms. The lowest BCUT2D eigenvalue weighted by Crippen LogP contribution is -2.48. The Hall–Kier alpha value is -3.46. The topological polar surface area (TPSA) is 118 Å². The molecule has 152 valence electrons. The Kier molecular flexibility index (Phi) is 6.40. The zero-order chi connectivity index (χ0) is 20.8. The highest BCUT2D eigenvalue weighted by Gasteiger charge is 2.29. The predicted octanol–water partition coefficient (Wildman–Crippen LogP) is 2.87. The van der Waals surface area contributed by atoms with E-state index in [2.05, 4.69) is 10.3 Å². The first-order valence-corrected chi connectivity index (χ1v) is 9.07. The van der Waals surface area contributed by atoms with Gasteiger partial charge < -0.3 is 20.9 Å². The second-order valence-corrected chi connectivity index (χ2v) is 6.51. The number of amides is 2. The number of benzene rings is 1. The number of imide groups is 1. The molecule has 0 spiro atoms. The molecule has 0 radical (unpaired) electrons. The number of hydrogen-bond acceptors (Lipinski definition) is 6. The fraction of sp³-hybridized carbons (Fsp3) is 0.250. The van der Waals surface area contributed by atoms with Gasteiger partial charge in [0.25, 0.3) is 5.91 Å². The van der Waals surface area contributed by atoms with Crippen molar-refractivity contribution in [1.29, 1.82) is 0 Å². The molecule has 0 unspecified atom stereocenters. The maximum Gasteiger partial charge on any atom is 0.414 e. The normalized spacial score (nSPS) is 14.7. The van der Waals surface area contributed by atoms with Gasteiger partial charge in [-0.25, -0.2) is 14.1 Å². The minimum atomic E-state index is -1.29. The first-order chi connectivity index (χ1) is 14.0. The van der Waals surface area contributed by atoms with E-state index in [1.54, 1.807) is 0 Å². The molecule has 9 heteroatoms. The van der Waals surface area contributed by atoms with E-state index in [0.717, 1.165) is 17.0 Å². The maximum atomic E-state index is 14.0. The molecule has 2 amide bonds. The van der Waals surface area contributed by atoms with Gasteiger partial charge in [0.05, 0.1) is 0 Å². The van der Waals surface area contributed by atoms with Gasteiger partial charge in [0, 0.05) is 41.8 Å². The van der Waals surface area contributed by atoms with Crippen molar-refractivity contribution < 1.29 is 23.8 Å². The molecule has 4 N–H and O–H groups in total. The molecular formula is C20H21FN4O4. The van der Waals surface area contributed by atoms with E-state index < -0.39 is 17.8 Å². The molecule has 1 aliphatic heterocycles. The Morgan fingerprint density at radius 2 is 2.03 bits per heavy atom. The Morgan fingerprint density at radius 1 is 1.28 bits per heavy atom. The molecule has 3 rings (SSSR count). The molecular weight excluding hydrogens is 379 g/mol. The highest BCUT2D eigenvalue weighted by molar-refractivity contribution is 6.00. The van der Waals surface area contributed by atoms with Gasteiger partial charge in [-0.1, -0.05) is 0 Å². The Bertz CT molecular complexity index is 928. The van der Waals surface area contributed by atoms with E-state index in [-0.39, 0.29) is 23.2 Å². The third-order valence-electron chi connectivity index (χ3n) is 4.51. The third-order valence-corrected chi connectivity index (χ3v) is 4.51. The molecule has 1 aromatic heterocycles. The Balaban J connectivity index is 1.79. The molecule has 1 aromatic carbocycles. The largest absolute Gasteiger partial charge is 0.465 e. The second kappa shape index (κ2) is 9.16. The molecule has 2 heterocycles. The molecule has 0 bridgehead atoms. The summed E-state index contributed by atoms with van der Waals surface area (Å²) in [4.78, 5) is 28.9. The molecule has 2 aromatic rings. The van der Waals surface area contributed by atoms with Crippen LogP contribution >= 0.6 is 0 Å². The van der Waals surface area contributed by atoms with Crippen molar-refractivity contribution in [2.24, 2.45) is 0 Å². The highest BCUT2D eigenvalue weighted by atomic mass is 19.1. The standard InChI is InChI=1S/C20H21FN4O4/c21-16-11-14(22)2-3-18(16)29-17-7-10-24-12-13(17)1-4-19(26)25(20(27)28)15-5-8-23-9-6-15/h1-4,7,10-12,15,23H,5-6,8-9,22H2,(H,27,28). The lowest BCUT2D eigenvalue weighted by molar-refractivity contribution is -0.126. The van der Waals surface area contributed by atoms with E-state index in [1.165, 1.54) is 36.7 Å². The van der Waals surface area contributed by atoms with Gasteiger partial charge in [-0.2, -0.15) is 0 Å². The number of piperidine rings is 1. The number of nitrogens with zero attached hydrogens (tertiary/aromatic N) is 2. The fourth-order valence-corrected chi connectivity index (χ4v) is 3.07. The van der Waals surface area contributed by atoms with Crippen LogP contribution in [0, 0.1) is 5.82 Å². The quantitative estimate of drug-likeness (QED) is 0.522. The monoisotopic (exact) mass is 400 g/mol. The zero-order valence-corrected chi connectivity index (χ0v) is 15.5. The predicted molar refractivity (Wildman–Crippen MR) is 105 cm³/mol. The number of nitrogens with one attached hydrogen (secondary N) is 1. The van der Waals surface area contributed by atoms with E-state index in [1.807, 2.05) is 0 Å². The van der Waals surface area contributed by atoms with E-state index in [0.29, 0.717) is 31.5 Å². The lowest BCUT2D eigenvalue weighted by Gasteiger charge is -2.30. The van der Waals surface area contributed by atoms with Crippen molar-refractivity contribution in [3.05, 3.63) is 54.1 Å². The number of carbonyl (C=O) groups excluding carboxylic acids is 1. The number of ether oxygens (including phenoxy) is 1. The highest BCUT2D eigenvalue weighted by Crippen LogP contribution is 2.28. The molecule has 1 fully saturated rings. The summed E-state index contributed by atoms with van der Waals surface area (Å²) in [5.74, 6) is -1.06. The zero-order valence-electron chi connectivity index (χ0n) is 15.5. The second-order valence-electron chi connectivity index (χ2n) is 6.51. The van der Waals surface area contributed by atoms with Crippen LogP contribution in [0.4, 0.5) is 14.9 Å². The van der Waals surface area contributed by atoms with Gasteiger partial charge in [0.2, 0.25) is 0 Å². The number of carboxylic acid groups (broad SMARTS) is 1. The number of hydrogen-bond donors (Lipinski definition) is 3. The first-order valence-electron chi connectivity index (χ1n) is 9.07. The van der Waals surface area contributed by atoms with Crippen LogP contribution in [0.5, 0.6) is 11.5 Å². The smallest absolute Gasteiger partial charge is 0.414 e. The van der Waals surface area contributed by atoms with Crippen molar-refractivity contribution in [1.82, 2.24) is 15.2 Å². The van der Waals surface area contributed by atoms with Crippen molar-refractivity contribution >= 4 is 23.8 Å². The summed E-state index contributed by atoms with van der Waals surface area (Å²) in [6, 6.07) is 5.18. The van der Waals surface area contributed by atoms with Crippen molar-refractivity contribution in [2.45, 2.75) is 18.9 Å². The van der Waals surface area contributed by atoms with Gasteiger partial charge >= 0.3 is 6.09 Å². The van der Waals surface area contributed by atoms with Crippen molar-refractivity contribution in [3.63, 3.8) is 0 Å². The molecule has 0 aliphatic carbocycles. The average Bonchev–Trinajstić information content (AvgIpc) is 2.70. The van der Waals surface area contributed by atoms with Crippen LogP contribution in [0.1, 0.15) is 18.4 Å². The number of halogens is 1. The Labute approximate surface area is 166 Å². The van der Waals surface area contributed by atoms with Gasteiger partial charge in [-0.15, -0.1) is 0 Å². The molecule has 0 atom stereocenters. The van der Waals surface area contributed by atoms with Crippen molar-refractivity contribution in [3.8, 4) is 11.5 Å². The van der Waals surface area contributed by atoms with Crippen LogP contribution in [0.2, 0.25) is 0 Å². The van der Waals surface area contributed by atoms with Gasteiger partial charge in [0.15, 0.2) is 11.6 Å². The van der Waals surface area contributed by atoms with E-state index >= 15 is 0 Å². The number of nitrogens with two attached hydrogens (primary N) is 1. The van der Waals surface area contributed by atoms with Crippen LogP contribution in [0.15, 0.2) is 42.7 Å². The first kappa shape index (κ1) is 20.3. The summed E-state index contributed by atoms with van der Waals surface area (Å²) in [6.45, 7) is 1.30. The number of pyridine rings is 1. The van der Waals surface area contributed by atoms with Gasteiger partial charge in [0.1, 0.15) is 5.75 Å². The fourth-order valence-electron chi connectivity index (χ4n) is 3.07. The van der Waals surface area contributed by atoms with Crippen LogP contribution < -0.4 is 15.8 Å². The van der Waals surface area contributed by atoms with Crippen molar-refractivity contribution in [2.75, 3.05) is 18.8 Å². The minimum Gasteiger partial charge on any atom is -0.465 e. The van der Waals surface area contributed by atoms with E-state index in [4.69, 9.17) is 10.5 Å². The lowest BCUT2D eigenvalue weighted by atomic mass is 10.1.